The Morgan fingerprint density at radius 1 is 1.06 bits per heavy atom. The molecule has 0 saturated heterocycles. The smallest absolute Gasteiger partial charge is 0.352 e. The van der Waals surface area contributed by atoms with Crippen LogP contribution >= 0.6 is 0 Å². The van der Waals surface area contributed by atoms with Crippen molar-refractivity contribution in [1.29, 1.82) is 0 Å². The van der Waals surface area contributed by atoms with Gasteiger partial charge in [0.05, 0.1) is 10.9 Å². The summed E-state index contributed by atoms with van der Waals surface area (Å²) in [5.41, 5.74) is 1.28. The van der Waals surface area contributed by atoms with Gasteiger partial charge in [0, 0.05) is 24.8 Å². The van der Waals surface area contributed by atoms with Crippen LogP contribution in [0.2, 0.25) is 0 Å². The number of aromatic nitrogens is 4. The minimum Gasteiger partial charge on any atom is -0.352 e. The SMILES string of the molecule is Cc1ccc(NC(=O)Cn2nc3n(C)c(=O)c4ccc(C(=O)NCC(C)C)cc4n3c2=O)cc1. The zero-order valence-electron chi connectivity index (χ0n) is 19.5. The van der Waals surface area contributed by atoms with Crippen molar-refractivity contribution < 1.29 is 9.59 Å². The van der Waals surface area contributed by atoms with E-state index >= 15 is 0 Å². The topological polar surface area (TPSA) is 120 Å². The van der Waals surface area contributed by atoms with Gasteiger partial charge in [0.2, 0.25) is 11.7 Å². The third-order valence-corrected chi connectivity index (χ3v) is 5.46. The lowest BCUT2D eigenvalue weighted by atomic mass is 10.1. The summed E-state index contributed by atoms with van der Waals surface area (Å²) < 4.78 is 3.50. The Labute approximate surface area is 194 Å². The Morgan fingerprint density at radius 2 is 1.76 bits per heavy atom. The van der Waals surface area contributed by atoms with Crippen molar-refractivity contribution in [3.05, 3.63) is 74.4 Å². The number of nitrogens with one attached hydrogen (secondary N) is 2. The van der Waals surface area contributed by atoms with E-state index in [-0.39, 0.29) is 40.6 Å². The third-order valence-electron chi connectivity index (χ3n) is 5.46. The summed E-state index contributed by atoms with van der Waals surface area (Å²) in [5, 5.41) is 10.0. The fraction of sp³-hybridized carbons (Fsp3) is 0.292. The number of benzene rings is 2. The Bertz CT molecular complexity index is 1530. The molecule has 0 saturated carbocycles. The predicted molar refractivity (Wildman–Crippen MR) is 129 cm³/mol. The highest BCUT2D eigenvalue weighted by Gasteiger charge is 2.19. The van der Waals surface area contributed by atoms with Crippen LogP contribution in [0.3, 0.4) is 0 Å². The van der Waals surface area contributed by atoms with Crippen LogP contribution in [-0.4, -0.2) is 37.1 Å². The van der Waals surface area contributed by atoms with Crippen LogP contribution in [0, 0.1) is 12.8 Å². The number of hydrogen-bond acceptors (Lipinski definition) is 5. The molecule has 0 fully saturated rings. The van der Waals surface area contributed by atoms with E-state index in [1.807, 2.05) is 32.9 Å². The molecule has 0 radical (unpaired) electrons. The molecule has 10 nitrogen and oxygen atoms in total. The van der Waals surface area contributed by atoms with Gasteiger partial charge in [0.1, 0.15) is 6.54 Å². The number of nitrogens with zero attached hydrogens (tertiary/aromatic N) is 4. The molecule has 10 heteroatoms. The molecule has 4 rings (SSSR count). The van der Waals surface area contributed by atoms with Gasteiger partial charge in [-0.2, -0.15) is 0 Å². The molecule has 0 spiro atoms. The van der Waals surface area contributed by atoms with E-state index in [0.29, 0.717) is 17.8 Å². The molecule has 2 N–H and O–H groups in total. The lowest BCUT2D eigenvalue weighted by molar-refractivity contribution is -0.117. The molecule has 176 valence electrons. The van der Waals surface area contributed by atoms with Gasteiger partial charge < -0.3 is 10.6 Å². The zero-order chi connectivity index (χ0) is 24.6. The first-order chi connectivity index (χ1) is 16.2. The minimum absolute atomic E-state index is 0.0744. The van der Waals surface area contributed by atoms with Crippen LogP contribution in [0.25, 0.3) is 16.7 Å². The lowest BCUT2D eigenvalue weighted by Crippen LogP contribution is -2.29. The van der Waals surface area contributed by atoms with Gasteiger partial charge in [-0.3, -0.25) is 19.0 Å². The summed E-state index contributed by atoms with van der Waals surface area (Å²) in [7, 11) is 1.50. The second kappa shape index (κ2) is 8.97. The summed E-state index contributed by atoms with van der Waals surface area (Å²) >= 11 is 0. The molecule has 0 unspecified atom stereocenters. The molecule has 4 aromatic rings. The lowest BCUT2D eigenvalue weighted by Gasteiger charge is -2.09. The number of carbonyl (C=O) groups is 2. The van der Waals surface area contributed by atoms with Crippen molar-refractivity contribution >= 4 is 34.2 Å². The molecular formula is C24H26N6O4. The van der Waals surface area contributed by atoms with Crippen LogP contribution in [0.1, 0.15) is 29.8 Å². The number of amides is 2. The van der Waals surface area contributed by atoms with Crippen molar-refractivity contribution in [2.24, 2.45) is 13.0 Å². The second-order valence-corrected chi connectivity index (χ2v) is 8.69. The molecule has 0 aliphatic carbocycles. The van der Waals surface area contributed by atoms with Gasteiger partial charge in [0.15, 0.2) is 0 Å². The van der Waals surface area contributed by atoms with E-state index in [9.17, 15) is 19.2 Å². The molecule has 0 aliphatic heterocycles. The van der Waals surface area contributed by atoms with Gasteiger partial charge in [-0.05, 0) is 43.2 Å². The third kappa shape index (κ3) is 4.34. The van der Waals surface area contributed by atoms with E-state index < -0.39 is 11.6 Å². The zero-order valence-corrected chi connectivity index (χ0v) is 19.5. The van der Waals surface area contributed by atoms with Crippen molar-refractivity contribution in [2.75, 3.05) is 11.9 Å². The largest absolute Gasteiger partial charge is 0.352 e. The Morgan fingerprint density at radius 3 is 2.44 bits per heavy atom. The summed E-state index contributed by atoms with van der Waals surface area (Å²) in [5.74, 6) is -0.388. The highest BCUT2D eigenvalue weighted by atomic mass is 16.2. The molecule has 2 amide bonds. The molecule has 2 heterocycles. The summed E-state index contributed by atoms with van der Waals surface area (Å²) in [4.78, 5) is 51.2. The summed E-state index contributed by atoms with van der Waals surface area (Å²) in [6.45, 7) is 6.07. The number of anilines is 1. The first kappa shape index (κ1) is 23.0. The molecule has 2 aromatic heterocycles. The first-order valence-corrected chi connectivity index (χ1v) is 10.9. The van der Waals surface area contributed by atoms with E-state index in [1.54, 1.807) is 18.2 Å². The highest BCUT2D eigenvalue weighted by molar-refractivity contribution is 5.98. The fourth-order valence-electron chi connectivity index (χ4n) is 3.61. The summed E-state index contributed by atoms with van der Waals surface area (Å²) in [6.07, 6.45) is 0. The fourth-order valence-corrected chi connectivity index (χ4v) is 3.61. The van der Waals surface area contributed by atoms with Gasteiger partial charge >= 0.3 is 5.69 Å². The minimum atomic E-state index is -0.589. The molecule has 34 heavy (non-hydrogen) atoms. The monoisotopic (exact) mass is 462 g/mol. The van der Waals surface area contributed by atoms with E-state index in [2.05, 4.69) is 15.7 Å². The number of aryl methyl sites for hydroxylation is 2. The molecule has 2 aromatic carbocycles. The quantitative estimate of drug-likeness (QED) is 0.452. The average Bonchev–Trinajstić information content (AvgIpc) is 3.13. The van der Waals surface area contributed by atoms with Gasteiger partial charge in [-0.25, -0.2) is 13.9 Å². The average molecular weight is 463 g/mol. The van der Waals surface area contributed by atoms with E-state index in [1.165, 1.54) is 28.1 Å². The van der Waals surface area contributed by atoms with Crippen LogP contribution < -0.4 is 21.9 Å². The highest BCUT2D eigenvalue weighted by Crippen LogP contribution is 2.14. The maximum atomic E-state index is 13.2. The molecule has 0 atom stereocenters. The Balaban J connectivity index is 1.75. The maximum absolute atomic E-state index is 13.2. The normalized spacial score (nSPS) is 11.3. The molecule has 0 aliphatic rings. The van der Waals surface area contributed by atoms with Crippen LogP contribution in [0.5, 0.6) is 0 Å². The first-order valence-electron chi connectivity index (χ1n) is 10.9. The van der Waals surface area contributed by atoms with Crippen molar-refractivity contribution in [3.8, 4) is 0 Å². The van der Waals surface area contributed by atoms with Crippen molar-refractivity contribution in [3.63, 3.8) is 0 Å². The van der Waals surface area contributed by atoms with Crippen molar-refractivity contribution in [2.45, 2.75) is 27.3 Å². The molecule has 0 bridgehead atoms. The van der Waals surface area contributed by atoms with Gasteiger partial charge in [-0.1, -0.05) is 31.5 Å². The van der Waals surface area contributed by atoms with Gasteiger partial charge in [-0.15, -0.1) is 5.10 Å². The second-order valence-electron chi connectivity index (χ2n) is 8.69. The van der Waals surface area contributed by atoms with Crippen molar-refractivity contribution in [1.82, 2.24) is 24.1 Å². The Kier molecular flexibility index (Phi) is 6.06. The Hall–Kier alpha value is -4.21. The molecular weight excluding hydrogens is 436 g/mol. The predicted octanol–water partition coefficient (Wildman–Crippen LogP) is 1.68. The summed E-state index contributed by atoms with van der Waals surface area (Å²) in [6, 6.07) is 11.8. The van der Waals surface area contributed by atoms with E-state index in [0.717, 1.165) is 10.2 Å². The number of rotatable bonds is 6. The van der Waals surface area contributed by atoms with E-state index in [4.69, 9.17) is 0 Å². The van der Waals surface area contributed by atoms with Crippen LogP contribution in [0.15, 0.2) is 52.1 Å². The standard InChI is InChI=1S/C24H26N6O4/c1-14(2)12-25-21(32)16-7-10-18-19(11-16)30-23(28(4)22(18)33)27-29(24(30)34)13-20(31)26-17-8-5-15(3)6-9-17/h5-11,14H,12-13H2,1-4H3,(H,25,32)(H,26,31). The number of fused-ring (bicyclic) bond motifs is 3. The van der Waals surface area contributed by atoms with Crippen LogP contribution in [0.4, 0.5) is 5.69 Å². The van der Waals surface area contributed by atoms with Crippen LogP contribution in [-0.2, 0) is 18.4 Å². The van der Waals surface area contributed by atoms with Gasteiger partial charge in [0.25, 0.3) is 11.5 Å². The number of carbonyl (C=O) groups excluding carboxylic acids is 2. The number of hydrogen-bond donors (Lipinski definition) is 2. The maximum Gasteiger partial charge on any atom is 0.352 e.